The summed E-state index contributed by atoms with van der Waals surface area (Å²) < 4.78 is 0. The summed E-state index contributed by atoms with van der Waals surface area (Å²) in [6.45, 7) is 4.24. The lowest BCUT2D eigenvalue weighted by Crippen LogP contribution is -2.49. The Morgan fingerprint density at radius 1 is 1.12 bits per heavy atom. The van der Waals surface area contributed by atoms with Crippen molar-refractivity contribution >= 4 is 17.5 Å². The smallest absolute Gasteiger partial charge is 0.243 e. The summed E-state index contributed by atoms with van der Waals surface area (Å²) in [5, 5.41) is 2.76. The van der Waals surface area contributed by atoms with E-state index in [1.165, 1.54) is 11.8 Å². The van der Waals surface area contributed by atoms with Crippen molar-refractivity contribution < 1.29 is 9.59 Å². The molecule has 25 heavy (non-hydrogen) atoms. The third kappa shape index (κ3) is 6.58. The Labute approximate surface area is 150 Å². The van der Waals surface area contributed by atoms with Crippen LogP contribution >= 0.6 is 0 Å². The van der Waals surface area contributed by atoms with Gasteiger partial charge in [-0.2, -0.15) is 0 Å². The Balaban J connectivity index is 1.65. The molecule has 0 aliphatic carbocycles. The lowest BCUT2D eigenvalue weighted by atomic mass is 10.2. The van der Waals surface area contributed by atoms with E-state index in [4.69, 9.17) is 0 Å². The van der Waals surface area contributed by atoms with E-state index in [-0.39, 0.29) is 11.8 Å². The summed E-state index contributed by atoms with van der Waals surface area (Å²) in [4.78, 5) is 30.0. The molecule has 6 heteroatoms. The van der Waals surface area contributed by atoms with Gasteiger partial charge in [0.05, 0.1) is 0 Å². The summed E-state index contributed by atoms with van der Waals surface area (Å²) in [6, 6.07) is 10.3. The predicted molar refractivity (Wildman–Crippen MR) is 101 cm³/mol. The maximum Gasteiger partial charge on any atom is 0.243 e. The number of benzene rings is 1. The first-order valence-corrected chi connectivity index (χ1v) is 8.73. The van der Waals surface area contributed by atoms with E-state index >= 15 is 0 Å². The van der Waals surface area contributed by atoms with Gasteiger partial charge in [-0.3, -0.25) is 9.59 Å². The number of nitrogens with zero attached hydrogens (tertiary/aromatic N) is 3. The second kappa shape index (κ2) is 9.84. The fourth-order valence-electron chi connectivity index (χ4n) is 2.73. The van der Waals surface area contributed by atoms with Crippen molar-refractivity contribution in [1.29, 1.82) is 0 Å². The Hall–Kier alpha value is -2.34. The molecule has 1 N–H and O–H groups in total. The van der Waals surface area contributed by atoms with Gasteiger partial charge < -0.3 is 20.0 Å². The first-order chi connectivity index (χ1) is 12.1. The van der Waals surface area contributed by atoms with E-state index in [1.807, 2.05) is 42.1 Å². The van der Waals surface area contributed by atoms with Crippen molar-refractivity contribution in [3.63, 3.8) is 0 Å². The summed E-state index contributed by atoms with van der Waals surface area (Å²) in [5.74, 6) is -0.0474. The van der Waals surface area contributed by atoms with Gasteiger partial charge in [-0.25, -0.2) is 0 Å². The quantitative estimate of drug-likeness (QED) is 0.749. The van der Waals surface area contributed by atoms with E-state index in [0.29, 0.717) is 13.0 Å². The van der Waals surface area contributed by atoms with E-state index in [0.717, 1.165) is 32.7 Å². The van der Waals surface area contributed by atoms with E-state index < -0.39 is 0 Å². The van der Waals surface area contributed by atoms with E-state index in [2.05, 4.69) is 22.3 Å². The van der Waals surface area contributed by atoms with Crippen molar-refractivity contribution in [3.8, 4) is 0 Å². The maximum atomic E-state index is 12.3. The lowest BCUT2D eigenvalue weighted by Gasteiger charge is -2.36. The molecule has 136 valence electrons. The van der Waals surface area contributed by atoms with Gasteiger partial charge in [-0.15, -0.1) is 0 Å². The number of likely N-dealkylation sites (N-methyl/N-ethyl adjacent to an activating group) is 1. The predicted octanol–water partition coefficient (Wildman–Crippen LogP) is 0.959. The topological polar surface area (TPSA) is 55.9 Å². The summed E-state index contributed by atoms with van der Waals surface area (Å²) in [5.41, 5.74) is 1.20. The highest BCUT2D eigenvalue weighted by Crippen LogP contribution is 2.15. The molecular formula is C19H28N4O2. The Morgan fingerprint density at radius 2 is 1.80 bits per heavy atom. The number of piperazine rings is 1. The molecule has 2 amide bonds. The molecule has 1 aliphatic heterocycles. The van der Waals surface area contributed by atoms with Gasteiger partial charge in [0.1, 0.15) is 0 Å². The molecule has 0 aromatic heterocycles. The van der Waals surface area contributed by atoms with Crippen LogP contribution in [0.2, 0.25) is 0 Å². The highest BCUT2D eigenvalue weighted by molar-refractivity contribution is 5.88. The first kappa shape index (κ1) is 19.0. The second-order valence-corrected chi connectivity index (χ2v) is 6.41. The summed E-state index contributed by atoms with van der Waals surface area (Å²) in [6.07, 6.45) is 3.67. The Bertz CT molecular complexity index is 578. The third-order valence-corrected chi connectivity index (χ3v) is 4.13. The molecular weight excluding hydrogens is 316 g/mol. The van der Waals surface area contributed by atoms with Crippen LogP contribution in [0.4, 0.5) is 5.69 Å². The number of amides is 2. The Morgan fingerprint density at radius 3 is 2.44 bits per heavy atom. The van der Waals surface area contributed by atoms with Crippen molar-refractivity contribution in [1.82, 2.24) is 15.1 Å². The number of anilines is 1. The third-order valence-electron chi connectivity index (χ3n) is 4.13. The van der Waals surface area contributed by atoms with Crippen molar-refractivity contribution in [2.75, 3.05) is 58.3 Å². The zero-order valence-corrected chi connectivity index (χ0v) is 15.1. The van der Waals surface area contributed by atoms with E-state index in [1.54, 1.807) is 6.08 Å². The van der Waals surface area contributed by atoms with Crippen LogP contribution in [0.25, 0.3) is 0 Å². The molecule has 0 unspecified atom stereocenters. The highest BCUT2D eigenvalue weighted by Gasteiger charge is 2.20. The van der Waals surface area contributed by atoms with Gasteiger partial charge in [0, 0.05) is 57.5 Å². The van der Waals surface area contributed by atoms with Crippen LogP contribution in [0.15, 0.2) is 42.5 Å². The maximum absolute atomic E-state index is 12.3. The molecule has 0 radical (unpaired) electrons. The normalized spacial score (nSPS) is 15.0. The molecule has 1 aromatic rings. The number of hydrogen-bond acceptors (Lipinski definition) is 4. The van der Waals surface area contributed by atoms with Crippen LogP contribution in [0.3, 0.4) is 0 Å². The van der Waals surface area contributed by atoms with E-state index in [9.17, 15) is 9.59 Å². The molecule has 1 fully saturated rings. The SMILES string of the molecule is CN(C)CC=CC(=O)NCCC(=O)N1CCN(c2ccccc2)CC1. The monoisotopic (exact) mass is 344 g/mol. The lowest BCUT2D eigenvalue weighted by molar-refractivity contribution is -0.131. The first-order valence-electron chi connectivity index (χ1n) is 8.73. The van der Waals surface area contributed by atoms with Gasteiger partial charge in [0.2, 0.25) is 11.8 Å². The molecule has 0 saturated carbocycles. The minimum Gasteiger partial charge on any atom is -0.368 e. The van der Waals surface area contributed by atoms with Gasteiger partial charge in [0.15, 0.2) is 0 Å². The molecule has 2 rings (SSSR count). The zero-order valence-electron chi connectivity index (χ0n) is 15.1. The molecule has 0 spiro atoms. The molecule has 1 aromatic carbocycles. The number of carbonyl (C=O) groups excluding carboxylic acids is 2. The second-order valence-electron chi connectivity index (χ2n) is 6.41. The summed E-state index contributed by atoms with van der Waals surface area (Å²) in [7, 11) is 3.89. The molecule has 0 bridgehead atoms. The van der Waals surface area contributed by atoms with Crippen LogP contribution in [-0.2, 0) is 9.59 Å². The van der Waals surface area contributed by atoms with Gasteiger partial charge in [0.25, 0.3) is 0 Å². The number of para-hydroxylation sites is 1. The van der Waals surface area contributed by atoms with Gasteiger partial charge in [-0.05, 0) is 26.2 Å². The fourth-order valence-corrected chi connectivity index (χ4v) is 2.73. The largest absolute Gasteiger partial charge is 0.368 e. The van der Waals surface area contributed by atoms with Crippen molar-refractivity contribution in [2.24, 2.45) is 0 Å². The zero-order chi connectivity index (χ0) is 18.1. The fraction of sp³-hybridized carbons (Fsp3) is 0.474. The molecule has 1 saturated heterocycles. The summed E-state index contributed by atoms with van der Waals surface area (Å²) >= 11 is 0. The minimum atomic E-state index is -0.149. The van der Waals surface area contributed by atoms with Crippen molar-refractivity contribution in [2.45, 2.75) is 6.42 Å². The van der Waals surface area contributed by atoms with Crippen LogP contribution in [0, 0.1) is 0 Å². The van der Waals surface area contributed by atoms with Crippen LogP contribution in [-0.4, -0.2) is 75.0 Å². The van der Waals surface area contributed by atoms with Crippen LogP contribution in [0.1, 0.15) is 6.42 Å². The molecule has 6 nitrogen and oxygen atoms in total. The Kier molecular flexibility index (Phi) is 7.47. The minimum absolute atomic E-state index is 0.102. The molecule has 1 heterocycles. The molecule has 1 aliphatic rings. The average molecular weight is 344 g/mol. The number of carbonyl (C=O) groups is 2. The molecule has 0 atom stereocenters. The average Bonchev–Trinajstić information content (AvgIpc) is 2.62. The number of rotatable bonds is 7. The highest BCUT2D eigenvalue weighted by atomic mass is 16.2. The number of hydrogen-bond donors (Lipinski definition) is 1. The van der Waals surface area contributed by atoms with Gasteiger partial charge in [-0.1, -0.05) is 24.3 Å². The standard InChI is InChI=1S/C19H28N4O2/c1-21(2)12-6-9-18(24)20-11-10-19(25)23-15-13-22(14-16-23)17-7-4-3-5-8-17/h3-9H,10-16H2,1-2H3,(H,20,24). The van der Waals surface area contributed by atoms with Gasteiger partial charge >= 0.3 is 0 Å². The number of nitrogens with one attached hydrogen (secondary N) is 1. The van der Waals surface area contributed by atoms with Crippen LogP contribution < -0.4 is 10.2 Å². The van der Waals surface area contributed by atoms with Crippen molar-refractivity contribution in [3.05, 3.63) is 42.5 Å². The van der Waals surface area contributed by atoms with Crippen LogP contribution in [0.5, 0.6) is 0 Å².